The first-order valence-electron chi connectivity index (χ1n) is 4.21. The lowest BCUT2D eigenvalue weighted by atomic mass is 10.2. The van der Waals surface area contributed by atoms with Gasteiger partial charge in [-0.05, 0) is 25.1 Å². The molecular weight excluding hydrogens is 178 g/mol. The molecule has 0 aliphatic heterocycles. The summed E-state index contributed by atoms with van der Waals surface area (Å²) in [5, 5.41) is 9.55. The summed E-state index contributed by atoms with van der Waals surface area (Å²) in [6.45, 7) is 1.85. The smallest absolute Gasteiger partial charge is 0.181 e. The van der Waals surface area contributed by atoms with Crippen LogP contribution in [0.4, 0.5) is 0 Å². The number of nitrogens with zero attached hydrogens (tertiary/aromatic N) is 3. The zero-order valence-electron chi connectivity index (χ0n) is 7.68. The Hall–Kier alpha value is -1.97. The predicted molar refractivity (Wildman–Crippen MR) is 51.7 cm³/mol. The SMILES string of the molecule is Cc1ccc(O)c(-c2ncccn2)n1. The predicted octanol–water partition coefficient (Wildman–Crippen LogP) is 1.55. The molecule has 70 valence electrons. The lowest BCUT2D eigenvalue weighted by molar-refractivity contribution is 0.474. The van der Waals surface area contributed by atoms with E-state index in [0.717, 1.165) is 5.69 Å². The lowest BCUT2D eigenvalue weighted by Crippen LogP contribution is -1.92. The Morgan fingerprint density at radius 3 is 2.57 bits per heavy atom. The zero-order chi connectivity index (χ0) is 9.97. The molecule has 0 fully saturated rings. The van der Waals surface area contributed by atoms with E-state index in [9.17, 15) is 5.11 Å². The summed E-state index contributed by atoms with van der Waals surface area (Å²) in [4.78, 5) is 12.2. The first kappa shape index (κ1) is 8.62. The minimum absolute atomic E-state index is 0.0989. The third-order valence-corrected chi connectivity index (χ3v) is 1.79. The quantitative estimate of drug-likeness (QED) is 0.735. The summed E-state index contributed by atoms with van der Waals surface area (Å²) in [7, 11) is 0. The van der Waals surface area contributed by atoms with Crippen LogP contribution in [-0.2, 0) is 0 Å². The van der Waals surface area contributed by atoms with Gasteiger partial charge in [0, 0.05) is 18.1 Å². The zero-order valence-corrected chi connectivity index (χ0v) is 7.68. The maximum Gasteiger partial charge on any atom is 0.181 e. The van der Waals surface area contributed by atoms with Crippen molar-refractivity contribution in [1.29, 1.82) is 0 Å². The van der Waals surface area contributed by atoms with E-state index >= 15 is 0 Å². The van der Waals surface area contributed by atoms with Gasteiger partial charge in [-0.1, -0.05) is 0 Å². The topological polar surface area (TPSA) is 58.9 Å². The Morgan fingerprint density at radius 2 is 1.86 bits per heavy atom. The fourth-order valence-electron chi connectivity index (χ4n) is 1.14. The molecular formula is C10H9N3O. The van der Waals surface area contributed by atoms with Crippen LogP contribution in [0.3, 0.4) is 0 Å². The van der Waals surface area contributed by atoms with Crippen molar-refractivity contribution in [1.82, 2.24) is 15.0 Å². The van der Waals surface area contributed by atoms with Crippen molar-refractivity contribution in [2.45, 2.75) is 6.92 Å². The lowest BCUT2D eigenvalue weighted by Gasteiger charge is -2.02. The van der Waals surface area contributed by atoms with Gasteiger partial charge in [0.25, 0.3) is 0 Å². The molecule has 0 aliphatic carbocycles. The second-order valence-electron chi connectivity index (χ2n) is 2.89. The van der Waals surface area contributed by atoms with Crippen molar-refractivity contribution in [2.75, 3.05) is 0 Å². The molecule has 2 heterocycles. The monoisotopic (exact) mass is 187 g/mol. The highest BCUT2D eigenvalue weighted by Crippen LogP contribution is 2.23. The van der Waals surface area contributed by atoms with Crippen LogP contribution in [0.25, 0.3) is 11.5 Å². The van der Waals surface area contributed by atoms with E-state index in [2.05, 4.69) is 15.0 Å². The molecule has 0 atom stereocenters. The molecule has 1 N–H and O–H groups in total. The molecule has 0 saturated carbocycles. The van der Waals surface area contributed by atoms with Gasteiger partial charge in [0.2, 0.25) is 0 Å². The molecule has 0 aromatic carbocycles. The summed E-state index contributed by atoms with van der Waals surface area (Å²) in [5.74, 6) is 0.538. The van der Waals surface area contributed by atoms with Gasteiger partial charge in [0.1, 0.15) is 11.4 Å². The molecule has 4 heteroatoms. The Balaban J connectivity index is 2.57. The van der Waals surface area contributed by atoms with Gasteiger partial charge < -0.3 is 5.11 Å². The van der Waals surface area contributed by atoms with Gasteiger partial charge >= 0.3 is 0 Å². The minimum Gasteiger partial charge on any atom is -0.506 e. The molecule has 0 saturated heterocycles. The number of rotatable bonds is 1. The van der Waals surface area contributed by atoms with Gasteiger partial charge in [-0.2, -0.15) is 0 Å². The summed E-state index contributed by atoms with van der Waals surface area (Å²) >= 11 is 0. The van der Waals surface area contributed by atoms with Gasteiger partial charge in [-0.3, -0.25) is 0 Å². The summed E-state index contributed by atoms with van der Waals surface area (Å²) < 4.78 is 0. The molecule has 0 spiro atoms. The van der Waals surface area contributed by atoms with Gasteiger partial charge in [-0.25, -0.2) is 15.0 Å². The van der Waals surface area contributed by atoms with E-state index < -0.39 is 0 Å². The minimum atomic E-state index is 0.0989. The van der Waals surface area contributed by atoms with Crippen LogP contribution in [0, 0.1) is 6.92 Å². The van der Waals surface area contributed by atoms with Crippen molar-refractivity contribution >= 4 is 0 Å². The highest BCUT2D eigenvalue weighted by molar-refractivity contribution is 5.58. The van der Waals surface area contributed by atoms with Crippen LogP contribution in [0.15, 0.2) is 30.6 Å². The molecule has 2 rings (SSSR count). The number of hydrogen-bond acceptors (Lipinski definition) is 4. The molecule has 4 nitrogen and oxygen atoms in total. The standard InChI is InChI=1S/C10H9N3O/c1-7-3-4-8(14)9(13-7)10-11-5-2-6-12-10/h2-6,14H,1H3. The van der Waals surface area contributed by atoms with E-state index in [4.69, 9.17) is 0 Å². The highest BCUT2D eigenvalue weighted by atomic mass is 16.3. The Morgan fingerprint density at radius 1 is 1.14 bits per heavy atom. The third kappa shape index (κ3) is 1.54. The fraction of sp³-hybridized carbons (Fsp3) is 0.100. The molecule has 0 amide bonds. The van der Waals surface area contributed by atoms with Crippen molar-refractivity contribution in [3.63, 3.8) is 0 Å². The van der Waals surface area contributed by atoms with Crippen LogP contribution in [0.1, 0.15) is 5.69 Å². The van der Waals surface area contributed by atoms with Crippen LogP contribution in [0.5, 0.6) is 5.75 Å². The maximum atomic E-state index is 9.55. The number of aromatic nitrogens is 3. The fourth-order valence-corrected chi connectivity index (χ4v) is 1.14. The molecule has 14 heavy (non-hydrogen) atoms. The summed E-state index contributed by atoms with van der Waals surface area (Å²) in [6, 6.07) is 5.05. The first-order chi connectivity index (χ1) is 6.77. The summed E-state index contributed by atoms with van der Waals surface area (Å²) in [6.07, 6.45) is 3.23. The van der Waals surface area contributed by atoms with Crippen LogP contribution in [0.2, 0.25) is 0 Å². The van der Waals surface area contributed by atoms with Crippen LogP contribution < -0.4 is 0 Å². The highest BCUT2D eigenvalue weighted by Gasteiger charge is 2.07. The van der Waals surface area contributed by atoms with E-state index in [1.54, 1.807) is 30.6 Å². The number of aryl methyl sites for hydroxylation is 1. The Kier molecular flexibility index (Phi) is 2.10. The molecule has 0 bridgehead atoms. The first-order valence-corrected chi connectivity index (χ1v) is 4.21. The molecule has 2 aromatic rings. The number of hydrogen-bond donors (Lipinski definition) is 1. The van der Waals surface area contributed by atoms with E-state index in [1.165, 1.54) is 0 Å². The molecule has 2 aromatic heterocycles. The van der Waals surface area contributed by atoms with Crippen LogP contribution in [-0.4, -0.2) is 20.1 Å². The maximum absolute atomic E-state index is 9.55. The Bertz CT molecular complexity index is 442. The normalized spacial score (nSPS) is 10.1. The molecule has 0 unspecified atom stereocenters. The van der Waals surface area contributed by atoms with E-state index in [-0.39, 0.29) is 5.75 Å². The second kappa shape index (κ2) is 3.41. The van der Waals surface area contributed by atoms with E-state index in [0.29, 0.717) is 11.5 Å². The second-order valence-corrected chi connectivity index (χ2v) is 2.89. The van der Waals surface area contributed by atoms with Gasteiger partial charge in [0.15, 0.2) is 5.82 Å². The van der Waals surface area contributed by atoms with Crippen molar-refractivity contribution in [3.8, 4) is 17.3 Å². The average molecular weight is 187 g/mol. The summed E-state index contributed by atoms with van der Waals surface area (Å²) in [5.41, 5.74) is 1.25. The molecule has 0 radical (unpaired) electrons. The van der Waals surface area contributed by atoms with Crippen molar-refractivity contribution < 1.29 is 5.11 Å². The van der Waals surface area contributed by atoms with Crippen molar-refractivity contribution in [3.05, 3.63) is 36.3 Å². The largest absolute Gasteiger partial charge is 0.506 e. The van der Waals surface area contributed by atoms with Gasteiger partial charge in [-0.15, -0.1) is 0 Å². The van der Waals surface area contributed by atoms with Gasteiger partial charge in [0.05, 0.1) is 0 Å². The van der Waals surface area contributed by atoms with Crippen LogP contribution >= 0.6 is 0 Å². The van der Waals surface area contributed by atoms with Crippen molar-refractivity contribution in [2.24, 2.45) is 0 Å². The average Bonchev–Trinajstić information content (AvgIpc) is 2.23. The Labute approximate surface area is 81.3 Å². The van der Waals surface area contributed by atoms with E-state index in [1.807, 2.05) is 6.92 Å². The molecule has 0 aliphatic rings. The number of pyridine rings is 1. The number of aromatic hydroxyl groups is 1. The third-order valence-electron chi connectivity index (χ3n) is 1.79.